The molecule has 0 saturated carbocycles. The summed E-state index contributed by atoms with van der Waals surface area (Å²) in [5.74, 6) is 11.3. The van der Waals surface area contributed by atoms with Crippen molar-refractivity contribution in [1.82, 2.24) is 30.2 Å². The molecule has 4 amide bonds. The number of ether oxygens (including phenoxy) is 6. The van der Waals surface area contributed by atoms with Gasteiger partial charge in [-0.05, 0) is 142 Å². The van der Waals surface area contributed by atoms with E-state index in [0.717, 1.165) is 51.9 Å². The van der Waals surface area contributed by atoms with Crippen LogP contribution in [-0.2, 0) is 28.5 Å². The van der Waals surface area contributed by atoms with Crippen LogP contribution in [-0.4, -0.2) is 173 Å². The van der Waals surface area contributed by atoms with Crippen LogP contribution in [0.3, 0.4) is 0 Å². The lowest BCUT2D eigenvalue weighted by atomic mass is 9.97. The molecule has 0 bridgehead atoms. The van der Waals surface area contributed by atoms with E-state index in [2.05, 4.69) is 44.1 Å². The highest BCUT2D eigenvalue weighted by atomic mass is 35.5. The largest absolute Gasteiger partial charge is 0.496 e. The van der Waals surface area contributed by atoms with Crippen molar-refractivity contribution in [1.29, 1.82) is 0 Å². The average molecular weight is 1150 g/mol. The van der Waals surface area contributed by atoms with Gasteiger partial charge >= 0.3 is 24.1 Å². The van der Waals surface area contributed by atoms with E-state index in [1.807, 2.05) is 0 Å². The zero-order valence-corrected chi connectivity index (χ0v) is 48.6. The van der Waals surface area contributed by atoms with Gasteiger partial charge in [0.25, 0.3) is 0 Å². The Bertz CT molecular complexity index is 2580. The summed E-state index contributed by atoms with van der Waals surface area (Å²) < 4.78 is 32.7. The van der Waals surface area contributed by atoms with Crippen molar-refractivity contribution in [3.05, 3.63) is 80.8 Å². The molecule has 80 heavy (non-hydrogen) atoms. The Kier molecular flexibility index (Phi) is 24.3. The fraction of sp³-hybridized carbons (Fsp3) is 0.517. The average Bonchev–Trinajstić information content (AvgIpc) is 3.41. The van der Waals surface area contributed by atoms with Gasteiger partial charge in [-0.15, -0.1) is 0 Å². The first-order valence-electron chi connectivity index (χ1n) is 26.5. The lowest BCUT2D eigenvalue weighted by Gasteiger charge is -2.32. The van der Waals surface area contributed by atoms with Crippen molar-refractivity contribution in [3.8, 4) is 35.2 Å². The van der Waals surface area contributed by atoms with Crippen LogP contribution in [0.15, 0.2) is 48.5 Å². The van der Waals surface area contributed by atoms with E-state index < -0.39 is 35.3 Å². The van der Waals surface area contributed by atoms with Crippen LogP contribution in [0.2, 0.25) is 10.0 Å². The Hall–Kier alpha value is -7.10. The van der Waals surface area contributed by atoms with E-state index in [9.17, 15) is 28.8 Å². The highest BCUT2D eigenvalue weighted by Crippen LogP contribution is 2.31. The molecule has 6 N–H and O–H groups in total. The molecule has 3 aromatic rings. The molecule has 2 aliphatic rings. The third kappa shape index (κ3) is 21.5. The second-order valence-corrected chi connectivity index (χ2v) is 22.3. The lowest BCUT2D eigenvalue weighted by Crippen LogP contribution is -2.45. The molecule has 434 valence electrons. The number of carbonyl (C=O) groups excluding carboxylic acids is 6. The molecule has 5 rings (SSSR count). The van der Waals surface area contributed by atoms with Crippen molar-refractivity contribution in [2.24, 2.45) is 11.8 Å². The van der Waals surface area contributed by atoms with Crippen LogP contribution >= 0.6 is 23.2 Å². The van der Waals surface area contributed by atoms with Crippen LogP contribution in [0.4, 0.5) is 21.0 Å². The Morgan fingerprint density at radius 1 is 0.600 bits per heavy atom. The van der Waals surface area contributed by atoms with Gasteiger partial charge in [0.05, 0.1) is 48.7 Å². The van der Waals surface area contributed by atoms with Crippen molar-refractivity contribution in [2.75, 3.05) is 117 Å². The second-order valence-electron chi connectivity index (χ2n) is 21.5. The van der Waals surface area contributed by atoms with Gasteiger partial charge in [-0.1, -0.05) is 46.9 Å². The Balaban J connectivity index is 1.05. The van der Waals surface area contributed by atoms with E-state index in [0.29, 0.717) is 48.7 Å². The summed E-state index contributed by atoms with van der Waals surface area (Å²) in [6.07, 6.45) is 1.94. The molecule has 0 radical (unpaired) electrons. The number of piperidine rings is 2. The number of hydrogen-bond donors (Lipinski definition) is 4. The monoisotopic (exact) mass is 1150 g/mol. The molecule has 3 aromatic carbocycles. The number of esters is 2. The van der Waals surface area contributed by atoms with Gasteiger partial charge in [0.15, 0.2) is 0 Å². The van der Waals surface area contributed by atoms with Gasteiger partial charge in [-0.3, -0.25) is 29.2 Å². The minimum absolute atomic E-state index is 0.0703. The Labute approximate surface area is 479 Å². The number of rotatable bonds is 20. The third-order valence-corrected chi connectivity index (χ3v) is 13.5. The second kappa shape index (κ2) is 30.5. The van der Waals surface area contributed by atoms with Gasteiger partial charge in [0, 0.05) is 49.4 Å². The van der Waals surface area contributed by atoms with Crippen LogP contribution in [0.1, 0.15) is 99.1 Å². The number of nitrogens with one attached hydrogen (secondary N) is 2. The molecule has 0 spiro atoms. The summed E-state index contributed by atoms with van der Waals surface area (Å²) in [4.78, 5) is 85.2. The van der Waals surface area contributed by atoms with Crippen molar-refractivity contribution in [3.63, 3.8) is 0 Å². The number of benzene rings is 3. The number of likely N-dealkylation sites (tertiary alicyclic amines) is 2. The molecular formula is C58H76Cl2N8O12. The zero-order chi connectivity index (χ0) is 58.6. The Morgan fingerprint density at radius 2 is 0.950 bits per heavy atom. The van der Waals surface area contributed by atoms with Crippen LogP contribution < -0.4 is 31.6 Å². The number of hydrogen-bond acceptors (Lipinski definition) is 16. The highest BCUT2D eigenvalue weighted by Gasteiger charge is 2.28. The SMILES string of the molecule is COc1cc(N)c(Cl)cc1C(=O)OCCN1CCC(CNC(=O)CN(CC#Cc2ccc(C#CCN(CC(=O)NCC3CCN(CCOC(=O)c4cc(Cl)c(N)cc4OC)CC3)C(=O)OC(C)(C)C)cc2)C(=O)OC(C)(C)C)CC1. The number of methoxy groups -OCH3 is 2. The number of nitrogens with two attached hydrogens (primary N) is 2. The van der Waals surface area contributed by atoms with Gasteiger partial charge in [-0.2, -0.15) is 0 Å². The summed E-state index contributed by atoms with van der Waals surface area (Å²) >= 11 is 12.2. The predicted molar refractivity (Wildman–Crippen MR) is 306 cm³/mol. The standard InChI is InChI=1S/C58H76Cl2N8O12/c1-57(2,3)79-55(73)67(37-51(69)63-35-41-17-23-65(24-18-41)27-29-77-53(71)43-31-45(59)47(61)33-49(43)75-7)21-9-11-39-13-15-40(16-14-39)12-10-22-68(56(74)80-58(4,5)6)38-52(70)64-36-42-19-25-66(26-20-42)28-30-78-54(72)44-32-46(60)48(62)34-50(44)76-8/h13-16,31-34,41-42H,17-30,35-38,61-62H2,1-8H3,(H,63,69)(H,64,70). The van der Waals surface area contributed by atoms with E-state index in [1.165, 1.54) is 48.3 Å². The van der Waals surface area contributed by atoms with Gasteiger partial charge in [-0.25, -0.2) is 19.2 Å². The maximum Gasteiger partial charge on any atom is 0.411 e. The maximum absolute atomic E-state index is 13.2. The molecular weight excluding hydrogens is 1070 g/mol. The summed E-state index contributed by atoms with van der Waals surface area (Å²) in [5.41, 5.74) is 12.3. The first kappa shape index (κ1) is 63.7. The minimum Gasteiger partial charge on any atom is -0.496 e. The maximum atomic E-state index is 13.2. The highest BCUT2D eigenvalue weighted by molar-refractivity contribution is 6.34. The minimum atomic E-state index is -0.799. The van der Waals surface area contributed by atoms with E-state index in [1.54, 1.807) is 65.8 Å². The lowest BCUT2D eigenvalue weighted by molar-refractivity contribution is -0.123. The number of carbonyl (C=O) groups is 6. The summed E-state index contributed by atoms with van der Waals surface area (Å²) in [6.45, 7) is 15.2. The topological polar surface area (TPSA) is 247 Å². The normalized spacial score (nSPS) is 14.2. The molecule has 0 unspecified atom stereocenters. The van der Waals surface area contributed by atoms with Crippen molar-refractivity contribution < 1.29 is 57.2 Å². The number of anilines is 2. The number of amides is 4. The smallest absolute Gasteiger partial charge is 0.411 e. The van der Waals surface area contributed by atoms with Crippen LogP contribution in [0.5, 0.6) is 11.5 Å². The van der Waals surface area contributed by atoms with E-state index in [-0.39, 0.29) is 95.7 Å². The van der Waals surface area contributed by atoms with Crippen LogP contribution in [0.25, 0.3) is 0 Å². The third-order valence-electron chi connectivity index (χ3n) is 12.8. The van der Waals surface area contributed by atoms with E-state index in [4.69, 9.17) is 63.1 Å². The van der Waals surface area contributed by atoms with Crippen molar-refractivity contribution >= 4 is 70.5 Å². The Morgan fingerprint density at radius 3 is 1.27 bits per heavy atom. The van der Waals surface area contributed by atoms with Crippen molar-refractivity contribution in [2.45, 2.75) is 78.4 Å². The number of halogens is 2. The molecule has 2 saturated heterocycles. The molecule has 22 heteroatoms. The first-order valence-corrected chi connectivity index (χ1v) is 27.3. The fourth-order valence-electron chi connectivity index (χ4n) is 8.42. The molecule has 2 heterocycles. The molecule has 2 fully saturated rings. The molecule has 20 nitrogen and oxygen atoms in total. The van der Waals surface area contributed by atoms with Gasteiger partial charge < -0.3 is 50.5 Å². The number of nitrogen functional groups attached to an aromatic ring is 2. The van der Waals surface area contributed by atoms with Crippen LogP contribution in [0, 0.1) is 35.5 Å². The molecule has 0 aliphatic carbocycles. The van der Waals surface area contributed by atoms with E-state index >= 15 is 0 Å². The van der Waals surface area contributed by atoms with Gasteiger partial charge in [0.1, 0.15) is 60.1 Å². The first-order chi connectivity index (χ1) is 37.9. The summed E-state index contributed by atoms with van der Waals surface area (Å²) in [6, 6.07) is 12.9. The summed E-state index contributed by atoms with van der Waals surface area (Å²) in [7, 11) is 2.87. The fourth-order valence-corrected chi connectivity index (χ4v) is 8.75. The molecule has 2 aliphatic heterocycles. The zero-order valence-electron chi connectivity index (χ0n) is 47.1. The predicted octanol–water partition coefficient (Wildman–Crippen LogP) is 6.72. The number of nitrogens with zero attached hydrogens (tertiary/aromatic N) is 4. The quantitative estimate of drug-likeness (QED) is 0.0397. The summed E-state index contributed by atoms with van der Waals surface area (Å²) in [5, 5.41) is 6.41. The molecule has 0 atom stereocenters. The van der Waals surface area contributed by atoms with Gasteiger partial charge in [0.2, 0.25) is 11.8 Å². The molecule has 0 aromatic heterocycles.